The summed E-state index contributed by atoms with van der Waals surface area (Å²) in [5, 5.41) is 11.4. The van der Waals surface area contributed by atoms with Crippen molar-refractivity contribution in [2.24, 2.45) is 0 Å². The number of allylic oxidation sites excluding steroid dienone is 2. The third kappa shape index (κ3) is 2.34. The molecule has 0 spiro atoms. The highest BCUT2D eigenvalue weighted by molar-refractivity contribution is 6.37. The van der Waals surface area contributed by atoms with E-state index in [1.54, 1.807) is 24.3 Å². The molecule has 1 aliphatic carbocycles. The van der Waals surface area contributed by atoms with Gasteiger partial charge in [0, 0.05) is 17.2 Å². The average molecular weight is 332 g/mol. The number of nitrogens with one attached hydrogen (secondary N) is 1. The van der Waals surface area contributed by atoms with Gasteiger partial charge in [-0.3, -0.25) is 9.59 Å². The number of ketones is 2. The predicted molar refractivity (Wildman–Crippen MR) is 94.1 cm³/mol. The summed E-state index contributed by atoms with van der Waals surface area (Å²) < 4.78 is 1.45. The second kappa shape index (κ2) is 5.66. The molecule has 25 heavy (non-hydrogen) atoms. The van der Waals surface area contributed by atoms with Crippen LogP contribution < -0.4 is 5.32 Å². The molecule has 1 heterocycles. The maximum Gasteiger partial charge on any atom is 0.214 e. The minimum atomic E-state index is -0.242. The molecule has 0 saturated heterocycles. The van der Waals surface area contributed by atoms with Gasteiger partial charge in [-0.2, -0.15) is 0 Å². The third-order valence-electron chi connectivity index (χ3n) is 4.09. The van der Waals surface area contributed by atoms with Crippen LogP contribution in [0.15, 0.2) is 54.2 Å². The highest BCUT2D eigenvalue weighted by Crippen LogP contribution is 2.29. The van der Waals surface area contributed by atoms with Gasteiger partial charge in [-0.1, -0.05) is 41.6 Å². The highest BCUT2D eigenvalue weighted by atomic mass is 16.1. The Morgan fingerprint density at radius 3 is 2.28 bits per heavy atom. The second-order valence-corrected chi connectivity index (χ2v) is 6.22. The van der Waals surface area contributed by atoms with Gasteiger partial charge in [-0.15, -0.1) is 5.10 Å². The molecule has 6 heteroatoms. The molecule has 124 valence electrons. The Labute approximate surface area is 144 Å². The molecule has 0 atom stereocenters. The lowest BCUT2D eigenvalue weighted by molar-refractivity contribution is 0.0980. The molecule has 6 nitrogen and oxygen atoms in total. The standard InChI is InChI=1S/C19H16N4O2/c1-11(2)20-16-17(23-15-10-6-5-9-14(15)21-22-23)19(25)13-8-4-3-7-12(13)18(16)24/h3-11,20H,1-2H3. The van der Waals surface area contributed by atoms with Crippen molar-refractivity contribution < 1.29 is 9.59 Å². The molecular formula is C19H16N4O2. The summed E-state index contributed by atoms with van der Waals surface area (Å²) in [7, 11) is 0. The van der Waals surface area contributed by atoms with Crippen molar-refractivity contribution in [3.63, 3.8) is 0 Å². The number of fused-ring (bicyclic) bond motifs is 2. The number of hydrogen-bond acceptors (Lipinski definition) is 5. The molecule has 2 aromatic carbocycles. The van der Waals surface area contributed by atoms with Gasteiger partial charge in [0.25, 0.3) is 0 Å². The molecule has 0 bridgehead atoms. The number of carbonyl (C=O) groups excluding carboxylic acids is 2. The summed E-state index contributed by atoms with van der Waals surface area (Å²) in [6.07, 6.45) is 0. The summed E-state index contributed by atoms with van der Waals surface area (Å²) >= 11 is 0. The number of carbonyl (C=O) groups is 2. The van der Waals surface area contributed by atoms with Crippen LogP contribution in [0.4, 0.5) is 0 Å². The predicted octanol–water partition coefficient (Wildman–Crippen LogP) is 2.68. The number of nitrogens with zero attached hydrogens (tertiary/aromatic N) is 3. The zero-order valence-corrected chi connectivity index (χ0v) is 13.9. The van der Waals surface area contributed by atoms with Crippen LogP contribution in [0.25, 0.3) is 16.7 Å². The number of benzene rings is 2. The van der Waals surface area contributed by atoms with E-state index >= 15 is 0 Å². The van der Waals surface area contributed by atoms with Crippen molar-refractivity contribution in [2.75, 3.05) is 0 Å². The van der Waals surface area contributed by atoms with E-state index in [0.29, 0.717) is 22.2 Å². The number of Topliss-reactive ketones (excluding diaryl/α,β-unsaturated/α-hetero) is 2. The SMILES string of the molecule is CC(C)NC1=C(n2nnc3ccccc32)C(=O)c2ccccc2C1=O. The van der Waals surface area contributed by atoms with Gasteiger partial charge in [0.15, 0.2) is 0 Å². The minimum absolute atomic E-state index is 0.0122. The second-order valence-electron chi connectivity index (χ2n) is 6.22. The Hall–Kier alpha value is -3.28. The van der Waals surface area contributed by atoms with Crippen LogP contribution >= 0.6 is 0 Å². The van der Waals surface area contributed by atoms with Gasteiger partial charge >= 0.3 is 0 Å². The molecule has 4 rings (SSSR count). The monoisotopic (exact) mass is 332 g/mol. The number of rotatable bonds is 3. The van der Waals surface area contributed by atoms with Crippen molar-refractivity contribution in [3.8, 4) is 0 Å². The van der Waals surface area contributed by atoms with Crippen LogP contribution in [0.5, 0.6) is 0 Å². The summed E-state index contributed by atoms with van der Waals surface area (Å²) in [6, 6.07) is 14.2. The van der Waals surface area contributed by atoms with Crippen molar-refractivity contribution in [1.82, 2.24) is 20.3 Å². The zero-order valence-electron chi connectivity index (χ0n) is 13.9. The van der Waals surface area contributed by atoms with Crippen LogP contribution in [0, 0.1) is 0 Å². The fourth-order valence-electron chi connectivity index (χ4n) is 3.02. The molecule has 0 fully saturated rings. The van der Waals surface area contributed by atoms with Crippen molar-refractivity contribution in [2.45, 2.75) is 19.9 Å². The van der Waals surface area contributed by atoms with Gasteiger partial charge in [0.1, 0.15) is 16.9 Å². The first-order chi connectivity index (χ1) is 12.1. The lowest BCUT2D eigenvalue weighted by Gasteiger charge is -2.23. The molecule has 1 aliphatic rings. The topological polar surface area (TPSA) is 76.9 Å². The van der Waals surface area contributed by atoms with Gasteiger partial charge in [-0.25, -0.2) is 4.68 Å². The van der Waals surface area contributed by atoms with E-state index in [-0.39, 0.29) is 29.0 Å². The smallest absolute Gasteiger partial charge is 0.214 e. The zero-order chi connectivity index (χ0) is 17.6. The lowest BCUT2D eigenvalue weighted by Crippen LogP contribution is -2.35. The molecule has 0 amide bonds. The first kappa shape index (κ1) is 15.3. The molecule has 1 aromatic heterocycles. The average Bonchev–Trinajstić information content (AvgIpc) is 3.03. The van der Waals surface area contributed by atoms with E-state index in [9.17, 15) is 9.59 Å². The Morgan fingerprint density at radius 2 is 1.56 bits per heavy atom. The Morgan fingerprint density at radius 1 is 0.920 bits per heavy atom. The van der Waals surface area contributed by atoms with Crippen molar-refractivity contribution in [1.29, 1.82) is 0 Å². The molecule has 0 radical (unpaired) electrons. The summed E-state index contributed by atoms with van der Waals surface area (Å²) in [6.45, 7) is 3.84. The van der Waals surface area contributed by atoms with Gasteiger partial charge < -0.3 is 5.32 Å². The van der Waals surface area contributed by atoms with E-state index < -0.39 is 0 Å². The van der Waals surface area contributed by atoms with Crippen LogP contribution in [0.2, 0.25) is 0 Å². The van der Waals surface area contributed by atoms with Gasteiger partial charge in [0.2, 0.25) is 11.6 Å². The van der Waals surface area contributed by atoms with Crippen molar-refractivity contribution in [3.05, 3.63) is 65.4 Å². The first-order valence-electron chi connectivity index (χ1n) is 8.08. The minimum Gasteiger partial charge on any atom is -0.378 e. The van der Waals surface area contributed by atoms with Gasteiger partial charge in [-0.05, 0) is 26.0 Å². The first-order valence-corrected chi connectivity index (χ1v) is 8.08. The molecular weight excluding hydrogens is 316 g/mol. The van der Waals surface area contributed by atoms with E-state index in [0.717, 1.165) is 0 Å². The summed E-state index contributed by atoms with van der Waals surface area (Å²) in [4.78, 5) is 26.2. The fourth-order valence-corrected chi connectivity index (χ4v) is 3.02. The third-order valence-corrected chi connectivity index (χ3v) is 4.09. The largest absolute Gasteiger partial charge is 0.378 e. The lowest BCUT2D eigenvalue weighted by atomic mass is 9.90. The molecule has 0 unspecified atom stereocenters. The van der Waals surface area contributed by atoms with E-state index in [4.69, 9.17) is 0 Å². The maximum atomic E-state index is 13.2. The Balaban J connectivity index is 2.01. The van der Waals surface area contributed by atoms with E-state index in [1.807, 2.05) is 38.1 Å². The van der Waals surface area contributed by atoms with E-state index in [2.05, 4.69) is 15.6 Å². The van der Waals surface area contributed by atoms with Crippen molar-refractivity contribution >= 4 is 28.3 Å². The van der Waals surface area contributed by atoms with E-state index in [1.165, 1.54) is 4.68 Å². The van der Waals surface area contributed by atoms with Crippen LogP contribution in [-0.2, 0) is 0 Å². The fraction of sp³-hybridized carbons (Fsp3) is 0.158. The van der Waals surface area contributed by atoms with Gasteiger partial charge in [0.05, 0.1) is 5.52 Å². The van der Waals surface area contributed by atoms with Crippen LogP contribution in [-0.4, -0.2) is 32.6 Å². The Bertz CT molecular complexity index is 1050. The highest BCUT2D eigenvalue weighted by Gasteiger charge is 2.34. The molecule has 0 aliphatic heterocycles. The number of para-hydroxylation sites is 1. The quantitative estimate of drug-likeness (QED) is 0.798. The molecule has 3 aromatic rings. The summed E-state index contributed by atoms with van der Waals surface area (Å²) in [5.41, 5.74) is 2.61. The Kier molecular flexibility index (Phi) is 3.46. The number of hydrogen-bond donors (Lipinski definition) is 1. The van der Waals surface area contributed by atoms with Crippen LogP contribution in [0.1, 0.15) is 34.6 Å². The normalized spacial score (nSPS) is 14.4. The molecule has 0 saturated carbocycles. The summed E-state index contributed by atoms with van der Waals surface area (Å²) in [5.74, 6) is -0.451. The molecule has 1 N–H and O–H groups in total. The van der Waals surface area contributed by atoms with Crippen LogP contribution in [0.3, 0.4) is 0 Å². The maximum absolute atomic E-state index is 13.2. The number of aromatic nitrogens is 3.